The van der Waals surface area contributed by atoms with Gasteiger partial charge in [-0.3, -0.25) is 14.6 Å². The molecule has 124 valence electrons. The van der Waals surface area contributed by atoms with Crippen molar-refractivity contribution in [2.45, 2.75) is 0 Å². The Labute approximate surface area is 140 Å². The van der Waals surface area contributed by atoms with E-state index in [9.17, 15) is 19.2 Å². The van der Waals surface area contributed by atoms with Crippen molar-refractivity contribution in [2.24, 2.45) is 0 Å². The summed E-state index contributed by atoms with van der Waals surface area (Å²) in [6, 6.07) is 0. The SMILES string of the molecule is O=C(Cl)c1cnc(Cl)nc1Cl.O=C(O)c1c[nH]c(=O)[nH]c1=O.[F-]. The summed E-state index contributed by atoms with van der Waals surface area (Å²) in [6.45, 7) is 0. The molecule has 0 spiro atoms. The molecule has 0 aliphatic carbocycles. The van der Waals surface area contributed by atoms with Gasteiger partial charge in [-0.1, -0.05) is 11.6 Å². The number of nitrogens with zero attached hydrogens (tertiary/aromatic N) is 2. The van der Waals surface area contributed by atoms with Crippen LogP contribution in [0.25, 0.3) is 0 Å². The minimum Gasteiger partial charge on any atom is -1.00 e. The maximum atomic E-state index is 10.6. The van der Waals surface area contributed by atoms with Gasteiger partial charge in [0.25, 0.3) is 10.8 Å². The number of hydrogen-bond donors (Lipinski definition) is 3. The molecule has 9 nitrogen and oxygen atoms in total. The second kappa shape index (κ2) is 8.98. The van der Waals surface area contributed by atoms with Gasteiger partial charge < -0.3 is 14.8 Å². The van der Waals surface area contributed by atoms with Crippen LogP contribution in [0.4, 0.5) is 0 Å². The molecule has 13 heteroatoms. The van der Waals surface area contributed by atoms with Crippen LogP contribution in [0.3, 0.4) is 0 Å². The molecule has 0 bridgehead atoms. The third-order valence-corrected chi connectivity index (χ3v) is 2.65. The number of carboxylic acids is 1. The fourth-order valence-corrected chi connectivity index (χ4v) is 1.62. The first-order valence-electron chi connectivity index (χ1n) is 5.15. The van der Waals surface area contributed by atoms with Crippen LogP contribution in [-0.2, 0) is 0 Å². The molecule has 2 aromatic heterocycles. The molecule has 0 radical (unpaired) electrons. The Morgan fingerprint density at radius 3 is 2.22 bits per heavy atom. The van der Waals surface area contributed by atoms with Gasteiger partial charge in [0.1, 0.15) is 10.7 Å². The summed E-state index contributed by atoms with van der Waals surface area (Å²) in [5.41, 5.74) is -2.05. The Kier molecular flexibility index (Phi) is 8.08. The van der Waals surface area contributed by atoms with Gasteiger partial charge in [-0.05, 0) is 23.2 Å². The maximum absolute atomic E-state index is 10.6. The third kappa shape index (κ3) is 6.14. The zero-order valence-corrected chi connectivity index (χ0v) is 12.9. The van der Waals surface area contributed by atoms with Crippen molar-refractivity contribution in [3.63, 3.8) is 0 Å². The number of rotatable bonds is 2. The summed E-state index contributed by atoms with van der Waals surface area (Å²) >= 11 is 16.0. The summed E-state index contributed by atoms with van der Waals surface area (Å²) in [5, 5.41) is 7.56. The lowest BCUT2D eigenvalue weighted by atomic mass is 10.3. The number of halogens is 4. The molecule has 2 heterocycles. The van der Waals surface area contributed by atoms with Gasteiger partial charge in [0.15, 0.2) is 0 Å². The molecule has 0 saturated heterocycles. The Hall–Kier alpha value is -2.30. The molecule has 3 N–H and O–H groups in total. The molecular formula is C10H5Cl3FN4O5-. The summed E-state index contributed by atoms with van der Waals surface area (Å²) in [4.78, 5) is 52.6. The lowest BCUT2D eigenvalue weighted by molar-refractivity contribution is -0.0000273. The second-order valence-electron chi connectivity index (χ2n) is 3.41. The van der Waals surface area contributed by atoms with E-state index in [1.54, 1.807) is 4.98 Å². The van der Waals surface area contributed by atoms with E-state index >= 15 is 0 Å². The molecule has 0 aromatic carbocycles. The second-order valence-corrected chi connectivity index (χ2v) is 4.45. The molecule has 0 aliphatic rings. The minimum atomic E-state index is -1.37. The van der Waals surface area contributed by atoms with Crippen LogP contribution in [0.2, 0.25) is 10.4 Å². The monoisotopic (exact) mass is 385 g/mol. The molecular weight excluding hydrogens is 381 g/mol. The van der Waals surface area contributed by atoms with Crippen molar-refractivity contribution >= 4 is 46.0 Å². The predicted molar refractivity (Wildman–Crippen MR) is 76.9 cm³/mol. The first kappa shape index (κ1) is 20.7. The number of aromatic carboxylic acids is 1. The van der Waals surface area contributed by atoms with E-state index in [1.165, 1.54) is 6.20 Å². The topological polar surface area (TPSA) is 146 Å². The van der Waals surface area contributed by atoms with Gasteiger partial charge in [-0.2, -0.15) is 0 Å². The van der Waals surface area contributed by atoms with Gasteiger partial charge in [0.05, 0.1) is 5.56 Å². The molecule has 0 fully saturated rings. The van der Waals surface area contributed by atoms with E-state index in [-0.39, 0.29) is 20.7 Å². The third-order valence-electron chi connectivity index (χ3n) is 1.97. The summed E-state index contributed by atoms with van der Waals surface area (Å²) in [6.07, 6.45) is 2.02. The highest BCUT2D eigenvalue weighted by atomic mass is 35.5. The van der Waals surface area contributed by atoms with Gasteiger partial charge in [-0.15, -0.1) is 0 Å². The van der Waals surface area contributed by atoms with E-state index in [0.717, 1.165) is 6.20 Å². The number of aromatic amines is 2. The Bertz CT molecular complexity index is 838. The lowest BCUT2D eigenvalue weighted by Crippen LogP contribution is -3.00. The van der Waals surface area contributed by atoms with Gasteiger partial charge in [0, 0.05) is 12.4 Å². The van der Waals surface area contributed by atoms with Crippen molar-refractivity contribution in [1.82, 2.24) is 19.9 Å². The standard InChI is InChI=1S/C5HCl3N2O.C5H4N2O4.FH/c6-3-2(4(7)11)1-9-5(8)10-3;8-3-2(4(9)10)1-6-5(11)7-3;/h1H;1H,(H,9,10)(H2,6,7,8,11);1H/p-1. The fourth-order valence-electron chi connectivity index (χ4n) is 1.04. The van der Waals surface area contributed by atoms with E-state index < -0.39 is 28.0 Å². The lowest BCUT2D eigenvalue weighted by Gasteiger charge is -1.94. The summed E-state index contributed by atoms with van der Waals surface area (Å²) < 4.78 is 0. The molecule has 2 aromatic rings. The zero-order chi connectivity index (χ0) is 16.9. The largest absolute Gasteiger partial charge is 1.00 e. The summed E-state index contributed by atoms with van der Waals surface area (Å²) in [7, 11) is 0. The zero-order valence-electron chi connectivity index (χ0n) is 10.6. The average molecular weight is 387 g/mol. The molecule has 0 atom stereocenters. The molecule has 23 heavy (non-hydrogen) atoms. The van der Waals surface area contributed by atoms with Crippen LogP contribution in [0.15, 0.2) is 22.0 Å². The number of aromatic nitrogens is 4. The number of carbonyl (C=O) groups excluding carboxylic acids is 1. The highest BCUT2D eigenvalue weighted by Crippen LogP contribution is 2.15. The minimum absolute atomic E-state index is 0. The van der Waals surface area contributed by atoms with Gasteiger partial charge in [-0.25, -0.2) is 19.6 Å². The Balaban J connectivity index is 0.000000403. The molecule has 0 aliphatic heterocycles. The highest BCUT2D eigenvalue weighted by molar-refractivity contribution is 6.68. The molecule has 0 unspecified atom stereocenters. The van der Waals surface area contributed by atoms with Crippen LogP contribution >= 0.6 is 34.8 Å². The maximum Gasteiger partial charge on any atom is 0.342 e. The first-order chi connectivity index (χ1) is 10.2. The Morgan fingerprint density at radius 2 is 1.78 bits per heavy atom. The van der Waals surface area contributed by atoms with Crippen LogP contribution < -0.4 is 16.0 Å². The fraction of sp³-hybridized carbons (Fsp3) is 0. The van der Waals surface area contributed by atoms with Crippen molar-refractivity contribution in [3.8, 4) is 0 Å². The van der Waals surface area contributed by atoms with Gasteiger partial charge in [0.2, 0.25) is 5.28 Å². The number of carbonyl (C=O) groups is 2. The van der Waals surface area contributed by atoms with E-state index in [1.807, 2.05) is 4.98 Å². The summed E-state index contributed by atoms with van der Waals surface area (Å²) in [5.74, 6) is -1.37. The van der Waals surface area contributed by atoms with E-state index in [2.05, 4.69) is 9.97 Å². The van der Waals surface area contributed by atoms with Crippen molar-refractivity contribution in [3.05, 3.63) is 54.8 Å². The molecule has 0 saturated carbocycles. The van der Waals surface area contributed by atoms with Crippen molar-refractivity contribution in [2.75, 3.05) is 0 Å². The number of nitrogens with one attached hydrogen (secondary N) is 2. The Morgan fingerprint density at radius 1 is 1.17 bits per heavy atom. The van der Waals surface area contributed by atoms with Crippen LogP contribution in [0, 0.1) is 0 Å². The van der Waals surface area contributed by atoms with Crippen LogP contribution in [-0.4, -0.2) is 36.3 Å². The van der Waals surface area contributed by atoms with E-state index in [4.69, 9.17) is 39.9 Å². The molecule has 0 amide bonds. The number of hydrogen-bond acceptors (Lipinski definition) is 6. The van der Waals surface area contributed by atoms with Gasteiger partial charge >= 0.3 is 11.7 Å². The van der Waals surface area contributed by atoms with Crippen molar-refractivity contribution in [1.29, 1.82) is 0 Å². The first-order valence-corrected chi connectivity index (χ1v) is 6.29. The van der Waals surface area contributed by atoms with Crippen molar-refractivity contribution < 1.29 is 19.4 Å². The average Bonchev–Trinajstić information content (AvgIpc) is 2.38. The quantitative estimate of drug-likeness (QED) is 0.305. The van der Waals surface area contributed by atoms with Crippen LogP contribution in [0.5, 0.6) is 0 Å². The predicted octanol–water partition coefficient (Wildman–Crippen LogP) is -2.07. The number of carboxylic acid groups (broad SMARTS) is 1. The van der Waals surface area contributed by atoms with E-state index in [0.29, 0.717) is 0 Å². The smallest absolute Gasteiger partial charge is 0.342 e. The molecule has 2 rings (SSSR count). The number of H-pyrrole nitrogens is 2. The normalized spacial score (nSPS) is 9.17. The van der Waals surface area contributed by atoms with Crippen LogP contribution in [0.1, 0.15) is 20.7 Å². The highest BCUT2D eigenvalue weighted by Gasteiger charge is 2.09.